The molecule has 1 aliphatic carbocycles. The van der Waals surface area contributed by atoms with Crippen molar-refractivity contribution in [3.63, 3.8) is 0 Å². The second-order valence-electron chi connectivity index (χ2n) is 6.50. The molecule has 2 aromatic rings. The molecule has 1 aliphatic rings. The van der Waals surface area contributed by atoms with Crippen LogP contribution in [-0.4, -0.2) is 30.5 Å². The summed E-state index contributed by atoms with van der Waals surface area (Å²) in [5.41, 5.74) is 4.79. The predicted octanol–water partition coefficient (Wildman–Crippen LogP) is 3.54. The van der Waals surface area contributed by atoms with Gasteiger partial charge in [0.25, 0.3) is 0 Å². The zero-order chi connectivity index (χ0) is 17.1. The molecule has 0 spiro atoms. The van der Waals surface area contributed by atoms with Crippen LogP contribution in [0.15, 0.2) is 48.5 Å². The first-order valence-electron chi connectivity index (χ1n) is 8.34. The van der Waals surface area contributed by atoms with Gasteiger partial charge in [-0.15, -0.1) is 0 Å². The molecule has 0 saturated carbocycles. The summed E-state index contributed by atoms with van der Waals surface area (Å²) < 4.78 is 5.46. The molecule has 0 unspecified atom stereocenters. The van der Waals surface area contributed by atoms with Crippen LogP contribution in [0.3, 0.4) is 0 Å². The summed E-state index contributed by atoms with van der Waals surface area (Å²) in [6, 6.07) is 16.2. The van der Waals surface area contributed by atoms with E-state index in [1.54, 1.807) is 0 Å². The number of ether oxygens (including phenoxy) is 1. The highest BCUT2D eigenvalue weighted by molar-refractivity contribution is 5.79. The van der Waals surface area contributed by atoms with Gasteiger partial charge in [0.2, 0.25) is 0 Å². The molecule has 3 rings (SSSR count). The highest BCUT2D eigenvalue weighted by Gasteiger charge is 2.29. The summed E-state index contributed by atoms with van der Waals surface area (Å²) in [5, 5.41) is 12.0. The number of hydrogen-bond acceptors (Lipinski definition) is 3. The lowest BCUT2D eigenvalue weighted by atomic mass is 9.98. The Bertz CT molecular complexity index is 681. The molecule has 126 valence electrons. The average molecular weight is 325 g/mol. The van der Waals surface area contributed by atoms with Crippen LogP contribution in [0.4, 0.5) is 4.79 Å². The zero-order valence-corrected chi connectivity index (χ0v) is 14.0. The first-order chi connectivity index (χ1) is 11.6. The van der Waals surface area contributed by atoms with Crippen molar-refractivity contribution >= 4 is 6.09 Å². The molecule has 0 saturated heterocycles. The van der Waals surface area contributed by atoms with Crippen molar-refractivity contribution in [3.05, 3.63) is 59.7 Å². The van der Waals surface area contributed by atoms with Gasteiger partial charge in [-0.05, 0) is 28.2 Å². The lowest BCUT2D eigenvalue weighted by molar-refractivity contribution is 0.126. The van der Waals surface area contributed by atoms with E-state index in [0.717, 1.165) is 0 Å². The quantitative estimate of drug-likeness (QED) is 0.884. The van der Waals surface area contributed by atoms with Crippen molar-refractivity contribution in [2.45, 2.75) is 25.8 Å². The number of aliphatic hydroxyl groups is 1. The molecule has 1 atom stereocenters. The van der Waals surface area contributed by atoms with Crippen molar-refractivity contribution in [2.24, 2.45) is 5.92 Å². The molecule has 1 amide bonds. The number of carbonyl (C=O) groups is 1. The Morgan fingerprint density at radius 1 is 1.08 bits per heavy atom. The molecule has 0 radical (unpaired) electrons. The van der Waals surface area contributed by atoms with Crippen LogP contribution in [0.5, 0.6) is 0 Å². The van der Waals surface area contributed by atoms with Gasteiger partial charge >= 0.3 is 6.09 Å². The van der Waals surface area contributed by atoms with E-state index in [9.17, 15) is 9.90 Å². The molecule has 4 heteroatoms. The smallest absolute Gasteiger partial charge is 0.407 e. The first-order valence-corrected chi connectivity index (χ1v) is 8.34. The standard InChI is InChI=1S/C20H23NO3/c1-13(2)19(11-22)21-20(23)24-12-18-16-9-5-3-7-14(16)15-8-4-6-10-17(15)18/h3-10,13,18-19,22H,11-12H2,1-2H3,(H,21,23)/t19-/m0/s1. The van der Waals surface area contributed by atoms with Crippen molar-refractivity contribution < 1.29 is 14.6 Å². The molecule has 0 aromatic heterocycles. The lowest BCUT2D eigenvalue weighted by Crippen LogP contribution is -2.41. The summed E-state index contributed by atoms with van der Waals surface area (Å²) in [7, 11) is 0. The number of carbonyl (C=O) groups excluding carboxylic acids is 1. The predicted molar refractivity (Wildman–Crippen MR) is 93.9 cm³/mol. The van der Waals surface area contributed by atoms with Crippen LogP contribution in [0.2, 0.25) is 0 Å². The highest BCUT2D eigenvalue weighted by Crippen LogP contribution is 2.44. The minimum atomic E-state index is -0.482. The van der Waals surface area contributed by atoms with Gasteiger partial charge in [-0.1, -0.05) is 62.4 Å². The van der Waals surface area contributed by atoms with Crippen molar-refractivity contribution in [3.8, 4) is 11.1 Å². The summed E-state index contributed by atoms with van der Waals surface area (Å²) in [6.45, 7) is 4.09. The largest absolute Gasteiger partial charge is 0.449 e. The Kier molecular flexibility index (Phi) is 4.86. The maximum atomic E-state index is 12.1. The highest BCUT2D eigenvalue weighted by atomic mass is 16.5. The molecule has 2 N–H and O–H groups in total. The molecule has 2 aromatic carbocycles. The Morgan fingerprint density at radius 3 is 2.12 bits per heavy atom. The summed E-state index contributed by atoms with van der Waals surface area (Å²) >= 11 is 0. The van der Waals surface area contributed by atoms with E-state index in [-0.39, 0.29) is 31.1 Å². The minimum Gasteiger partial charge on any atom is -0.449 e. The van der Waals surface area contributed by atoms with Gasteiger partial charge < -0.3 is 15.2 Å². The van der Waals surface area contributed by atoms with Gasteiger partial charge in [0.15, 0.2) is 0 Å². The third-order valence-corrected chi connectivity index (χ3v) is 4.65. The van der Waals surface area contributed by atoms with Gasteiger partial charge in [0.05, 0.1) is 12.6 Å². The number of alkyl carbamates (subject to hydrolysis) is 1. The maximum Gasteiger partial charge on any atom is 0.407 e. The fraction of sp³-hybridized carbons (Fsp3) is 0.350. The van der Waals surface area contributed by atoms with Gasteiger partial charge in [-0.2, -0.15) is 0 Å². The monoisotopic (exact) mass is 325 g/mol. The Labute approximate surface area is 142 Å². The second kappa shape index (κ2) is 7.05. The van der Waals surface area contributed by atoms with Crippen LogP contribution in [-0.2, 0) is 4.74 Å². The molecule has 4 nitrogen and oxygen atoms in total. The van der Waals surface area contributed by atoms with Crippen LogP contribution in [0.25, 0.3) is 11.1 Å². The SMILES string of the molecule is CC(C)[C@H](CO)NC(=O)OCC1c2ccccc2-c2ccccc21. The fourth-order valence-corrected chi connectivity index (χ4v) is 3.21. The first kappa shape index (κ1) is 16.5. The van der Waals surface area contributed by atoms with E-state index in [4.69, 9.17) is 4.74 Å². The fourth-order valence-electron chi connectivity index (χ4n) is 3.21. The molecule has 0 bridgehead atoms. The van der Waals surface area contributed by atoms with Crippen LogP contribution < -0.4 is 5.32 Å². The molecule has 0 fully saturated rings. The summed E-state index contributed by atoms with van der Waals surface area (Å²) in [5.74, 6) is 0.199. The number of nitrogens with one attached hydrogen (secondary N) is 1. The number of amides is 1. The van der Waals surface area contributed by atoms with E-state index in [2.05, 4.69) is 29.6 Å². The number of hydrogen-bond donors (Lipinski definition) is 2. The molecular weight excluding hydrogens is 302 g/mol. The molecule has 0 heterocycles. The van der Waals surface area contributed by atoms with Crippen molar-refractivity contribution in [1.29, 1.82) is 0 Å². The van der Waals surface area contributed by atoms with Crippen LogP contribution >= 0.6 is 0 Å². The summed E-state index contributed by atoms with van der Waals surface area (Å²) in [4.78, 5) is 12.1. The Hall–Kier alpha value is -2.33. The Balaban J connectivity index is 1.73. The van der Waals surface area contributed by atoms with E-state index in [0.29, 0.717) is 0 Å². The second-order valence-corrected chi connectivity index (χ2v) is 6.50. The molecular formula is C20H23NO3. The number of rotatable bonds is 5. The number of aliphatic hydroxyl groups excluding tert-OH is 1. The van der Waals surface area contributed by atoms with Gasteiger partial charge in [0, 0.05) is 5.92 Å². The zero-order valence-electron chi connectivity index (χ0n) is 14.0. The third-order valence-electron chi connectivity index (χ3n) is 4.65. The number of benzene rings is 2. The minimum absolute atomic E-state index is 0.0507. The molecule has 24 heavy (non-hydrogen) atoms. The topological polar surface area (TPSA) is 58.6 Å². The number of fused-ring (bicyclic) bond motifs is 3. The normalized spacial score (nSPS) is 14.2. The van der Waals surface area contributed by atoms with E-state index >= 15 is 0 Å². The third kappa shape index (κ3) is 3.15. The Morgan fingerprint density at radius 2 is 1.62 bits per heavy atom. The van der Waals surface area contributed by atoms with E-state index in [1.807, 2.05) is 38.1 Å². The van der Waals surface area contributed by atoms with Crippen molar-refractivity contribution in [1.82, 2.24) is 5.32 Å². The summed E-state index contributed by atoms with van der Waals surface area (Å²) in [6.07, 6.45) is -0.482. The van der Waals surface area contributed by atoms with Crippen LogP contribution in [0.1, 0.15) is 30.9 Å². The van der Waals surface area contributed by atoms with Crippen molar-refractivity contribution in [2.75, 3.05) is 13.2 Å². The van der Waals surface area contributed by atoms with Gasteiger partial charge in [-0.25, -0.2) is 4.79 Å². The van der Waals surface area contributed by atoms with Gasteiger partial charge in [-0.3, -0.25) is 0 Å². The lowest BCUT2D eigenvalue weighted by Gasteiger charge is -2.20. The average Bonchev–Trinajstić information content (AvgIpc) is 2.91. The van der Waals surface area contributed by atoms with Crippen LogP contribution in [0, 0.1) is 5.92 Å². The maximum absolute atomic E-state index is 12.1. The van der Waals surface area contributed by atoms with E-state index in [1.165, 1.54) is 22.3 Å². The van der Waals surface area contributed by atoms with Gasteiger partial charge in [0.1, 0.15) is 6.61 Å². The molecule has 0 aliphatic heterocycles. The van der Waals surface area contributed by atoms with E-state index < -0.39 is 6.09 Å².